The summed E-state index contributed by atoms with van der Waals surface area (Å²) in [5.74, 6) is 0.708. The van der Waals surface area contributed by atoms with Gasteiger partial charge in [0.2, 0.25) is 5.91 Å². The Morgan fingerprint density at radius 1 is 1.23 bits per heavy atom. The highest BCUT2D eigenvalue weighted by Crippen LogP contribution is 2.34. The number of nitrogens with one attached hydrogen (secondary N) is 2. The predicted octanol–water partition coefficient (Wildman–Crippen LogP) is 3.17. The van der Waals surface area contributed by atoms with E-state index in [1.165, 1.54) is 19.5 Å². The Bertz CT molecular complexity index is 1040. The molecular weight excluding hydrogens is 408 g/mol. The van der Waals surface area contributed by atoms with Crippen molar-refractivity contribution in [3.8, 4) is 11.5 Å². The highest BCUT2D eigenvalue weighted by atomic mass is 35.5. The average Bonchev–Trinajstić information content (AvgIpc) is 2.73. The zero-order valence-corrected chi connectivity index (χ0v) is 17.2. The second-order valence-corrected chi connectivity index (χ2v) is 7.05. The normalized spacial score (nSPS) is 10.8. The van der Waals surface area contributed by atoms with Crippen molar-refractivity contribution in [1.29, 1.82) is 0 Å². The van der Waals surface area contributed by atoms with Crippen LogP contribution in [0, 0.1) is 0 Å². The first kappa shape index (κ1) is 21.6. The molecule has 0 atom stereocenters. The first-order valence-corrected chi connectivity index (χ1v) is 9.84. The topological polar surface area (TPSA) is 117 Å². The molecule has 30 heavy (non-hydrogen) atoms. The van der Waals surface area contributed by atoms with Crippen LogP contribution in [0.5, 0.6) is 11.5 Å². The van der Waals surface area contributed by atoms with E-state index < -0.39 is 0 Å². The van der Waals surface area contributed by atoms with Gasteiger partial charge in [0.15, 0.2) is 11.5 Å². The number of aromatic hydroxyl groups is 1. The minimum Gasteiger partial charge on any atom is -0.504 e. The van der Waals surface area contributed by atoms with Crippen LogP contribution in [0.25, 0.3) is 10.9 Å². The minimum absolute atomic E-state index is 0.0197. The molecule has 0 saturated carbocycles. The van der Waals surface area contributed by atoms with Gasteiger partial charge < -0.3 is 25.6 Å². The molecular formula is C21H23ClN4O4. The van der Waals surface area contributed by atoms with Crippen LogP contribution in [0.2, 0.25) is 5.02 Å². The second-order valence-electron chi connectivity index (χ2n) is 6.62. The van der Waals surface area contributed by atoms with E-state index in [1.807, 2.05) is 6.07 Å². The van der Waals surface area contributed by atoms with Crippen molar-refractivity contribution in [2.24, 2.45) is 0 Å². The molecule has 8 nitrogen and oxygen atoms in total. The Kier molecular flexibility index (Phi) is 7.26. The molecule has 0 bridgehead atoms. The van der Waals surface area contributed by atoms with Crippen molar-refractivity contribution in [1.82, 2.24) is 15.3 Å². The minimum atomic E-state index is -0.0890. The fourth-order valence-electron chi connectivity index (χ4n) is 2.99. The monoisotopic (exact) mass is 430 g/mol. The van der Waals surface area contributed by atoms with Gasteiger partial charge in [0, 0.05) is 41.7 Å². The standard InChI is InChI=1S/C21H23ClN4O4/c1-30-19-11-17-15(10-18(19)28)21(25-12-24-17)26-16-9-14(22)5-3-13(16)4-6-20(29)23-7-2-8-27/h3,5,9-12,27-28H,2,4,6-8H2,1H3,(H,23,29)(H,24,25,26). The van der Waals surface area contributed by atoms with Crippen molar-refractivity contribution in [3.63, 3.8) is 0 Å². The van der Waals surface area contributed by atoms with Gasteiger partial charge in [-0.2, -0.15) is 0 Å². The number of ether oxygens (including phenoxy) is 1. The summed E-state index contributed by atoms with van der Waals surface area (Å²) in [4.78, 5) is 20.5. The van der Waals surface area contributed by atoms with Crippen molar-refractivity contribution in [3.05, 3.63) is 47.2 Å². The van der Waals surface area contributed by atoms with Crippen LogP contribution in [-0.4, -0.2) is 46.3 Å². The lowest BCUT2D eigenvalue weighted by Crippen LogP contribution is -2.25. The molecule has 0 saturated heterocycles. The first-order chi connectivity index (χ1) is 14.5. The van der Waals surface area contributed by atoms with Crippen LogP contribution in [-0.2, 0) is 11.2 Å². The van der Waals surface area contributed by atoms with Crippen LogP contribution < -0.4 is 15.4 Å². The molecule has 0 fully saturated rings. The van der Waals surface area contributed by atoms with Gasteiger partial charge in [-0.1, -0.05) is 17.7 Å². The molecule has 1 heterocycles. The smallest absolute Gasteiger partial charge is 0.220 e. The third-order valence-corrected chi connectivity index (χ3v) is 4.77. The van der Waals surface area contributed by atoms with Gasteiger partial charge in [0.1, 0.15) is 12.1 Å². The molecule has 9 heteroatoms. The number of rotatable bonds is 9. The van der Waals surface area contributed by atoms with Crippen molar-refractivity contribution >= 4 is 39.9 Å². The number of aliphatic hydroxyl groups is 1. The molecule has 3 aromatic rings. The number of aliphatic hydroxyl groups excluding tert-OH is 1. The number of carbonyl (C=O) groups excluding carboxylic acids is 1. The van der Waals surface area contributed by atoms with E-state index in [0.29, 0.717) is 59.0 Å². The van der Waals surface area contributed by atoms with E-state index in [9.17, 15) is 9.90 Å². The largest absolute Gasteiger partial charge is 0.504 e. The van der Waals surface area contributed by atoms with E-state index in [-0.39, 0.29) is 18.3 Å². The molecule has 0 aliphatic carbocycles. The van der Waals surface area contributed by atoms with Gasteiger partial charge >= 0.3 is 0 Å². The number of aromatic nitrogens is 2. The second kappa shape index (κ2) is 10.1. The van der Waals surface area contributed by atoms with Gasteiger partial charge in [-0.3, -0.25) is 4.79 Å². The fourth-order valence-corrected chi connectivity index (χ4v) is 3.16. The molecule has 4 N–H and O–H groups in total. The summed E-state index contributed by atoms with van der Waals surface area (Å²) in [6.07, 6.45) is 2.73. The van der Waals surface area contributed by atoms with Gasteiger partial charge in [0.25, 0.3) is 0 Å². The van der Waals surface area contributed by atoms with E-state index in [0.717, 1.165) is 5.56 Å². The molecule has 0 unspecified atom stereocenters. The predicted molar refractivity (Wildman–Crippen MR) is 116 cm³/mol. The van der Waals surface area contributed by atoms with Crippen LogP contribution >= 0.6 is 11.6 Å². The first-order valence-electron chi connectivity index (χ1n) is 9.46. The molecule has 0 aliphatic rings. The number of amides is 1. The van der Waals surface area contributed by atoms with Crippen molar-refractivity contribution in [2.75, 3.05) is 25.6 Å². The number of benzene rings is 2. The zero-order valence-electron chi connectivity index (χ0n) is 16.5. The van der Waals surface area contributed by atoms with Crippen LogP contribution in [0.3, 0.4) is 0 Å². The third kappa shape index (κ3) is 5.28. The number of halogens is 1. The summed E-state index contributed by atoms with van der Waals surface area (Å²) >= 11 is 6.18. The van der Waals surface area contributed by atoms with E-state index in [1.54, 1.807) is 18.2 Å². The Hall–Kier alpha value is -3.10. The number of nitrogens with zero attached hydrogens (tertiary/aromatic N) is 2. The Labute approximate surface area is 178 Å². The SMILES string of the molecule is COc1cc2ncnc(Nc3cc(Cl)ccc3CCC(=O)NCCCO)c2cc1O. The molecule has 1 amide bonds. The summed E-state index contributed by atoms with van der Waals surface area (Å²) in [5.41, 5.74) is 2.20. The Morgan fingerprint density at radius 3 is 2.83 bits per heavy atom. The van der Waals surface area contributed by atoms with Gasteiger partial charge in [-0.05, 0) is 36.6 Å². The number of hydrogen-bond acceptors (Lipinski definition) is 7. The number of carbonyl (C=O) groups is 1. The van der Waals surface area contributed by atoms with Crippen LogP contribution in [0.15, 0.2) is 36.7 Å². The Morgan fingerprint density at radius 2 is 2.07 bits per heavy atom. The number of phenols is 1. The number of phenolic OH excluding ortho intramolecular Hbond substituents is 1. The fraction of sp³-hybridized carbons (Fsp3) is 0.286. The van der Waals surface area contributed by atoms with Crippen LogP contribution in [0.4, 0.5) is 11.5 Å². The van der Waals surface area contributed by atoms with Gasteiger partial charge in [-0.15, -0.1) is 0 Å². The molecule has 3 rings (SSSR count). The maximum absolute atomic E-state index is 12.0. The van der Waals surface area contributed by atoms with Crippen LogP contribution in [0.1, 0.15) is 18.4 Å². The van der Waals surface area contributed by atoms with E-state index >= 15 is 0 Å². The van der Waals surface area contributed by atoms with Gasteiger partial charge in [0.05, 0.1) is 12.6 Å². The molecule has 1 aromatic heterocycles. The molecule has 2 aromatic carbocycles. The summed E-state index contributed by atoms with van der Waals surface area (Å²) in [6, 6.07) is 8.55. The quantitative estimate of drug-likeness (QED) is 0.385. The summed E-state index contributed by atoms with van der Waals surface area (Å²) < 4.78 is 5.14. The highest BCUT2D eigenvalue weighted by molar-refractivity contribution is 6.30. The molecule has 158 valence electrons. The lowest BCUT2D eigenvalue weighted by Gasteiger charge is -2.14. The van der Waals surface area contributed by atoms with Gasteiger partial charge in [-0.25, -0.2) is 9.97 Å². The number of methoxy groups -OCH3 is 1. The van der Waals surface area contributed by atoms with Crippen molar-refractivity contribution < 1.29 is 19.7 Å². The average molecular weight is 431 g/mol. The summed E-state index contributed by atoms with van der Waals surface area (Å²) in [5, 5.41) is 26.1. The highest BCUT2D eigenvalue weighted by Gasteiger charge is 2.12. The summed E-state index contributed by atoms with van der Waals surface area (Å²) in [6.45, 7) is 0.487. The number of fused-ring (bicyclic) bond motifs is 1. The lowest BCUT2D eigenvalue weighted by atomic mass is 10.1. The third-order valence-electron chi connectivity index (χ3n) is 4.54. The molecule has 0 spiro atoms. The Balaban J connectivity index is 1.84. The lowest BCUT2D eigenvalue weighted by molar-refractivity contribution is -0.121. The summed E-state index contributed by atoms with van der Waals surface area (Å²) in [7, 11) is 1.47. The molecule has 0 aliphatic heterocycles. The van der Waals surface area contributed by atoms with E-state index in [2.05, 4.69) is 20.6 Å². The maximum Gasteiger partial charge on any atom is 0.220 e. The number of anilines is 2. The van der Waals surface area contributed by atoms with Crippen molar-refractivity contribution in [2.45, 2.75) is 19.3 Å². The number of hydrogen-bond donors (Lipinski definition) is 4. The van der Waals surface area contributed by atoms with E-state index in [4.69, 9.17) is 21.4 Å². The zero-order chi connectivity index (χ0) is 21.5. The number of aryl methyl sites for hydroxylation is 1. The maximum atomic E-state index is 12.0. The molecule has 0 radical (unpaired) electrons.